The van der Waals surface area contributed by atoms with Gasteiger partial charge in [-0.15, -0.1) is 0 Å². The van der Waals surface area contributed by atoms with Crippen molar-refractivity contribution in [2.45, 2.75) is 44.7 Å². The molecular formula is C13H19N. The lowest BCUT2D eigenvalue weighted by Gasteiger charge is -2.12. The topological polar surface area (TPSA) is 12.0 Å². The van der Waals surface area contributed by atoms with Crippen molar-refractivity contribution in [3.63, 3.8) is 0 Å². The molecule has 0 amide bonds. The lowest BCUT2D eigenvalue weighted by Crippen LogP contribution is -2.28. The third-order valence-corrected chi connectivity index (χ3v) is 2.81. The summed E-state index contributed by atoms with van der Waals surface area (Å²) in [7, 11) is 0. The Hall–Kier alpha value is -0.820. The largest absolute Gasteiger partial charge is 0.311 e. The van der Waals surface area contributed by atoms with Crippen LogP contribution < -0.4 is 5.32 Å². The van der Waals surface area contributed by atoms with E-state index in [9.17, 15) is 0 Å². The lowest BCUT2D eigenvalue weighted by atomic mass is 10.1. The zero-order valence-corrected chi connectivity index (χ0v) is 8.87. The van der Waals surface area contributed by atoms with Gasteiger partial charge in [-0.2, -0.15) is 0 Å². The molecule has 1 aromatic carbocycles. The molecule has 0 aromatic heterocycles. The molecule has 1 fully saturated rings. The van der Waals surface area contributed by atoms with E-state index in [1.807, 2.05) is 0 Å². The second kappa shape index (κ2) is 4.61. The van der Waals surface area contributed by atoms with Crippen molar-refractivity contribution in [2.75, 3.05) is 0 Å². The van der Waals surface area contributed by atoms with Gasteiger partial charge in [0.05, 0.1) is 0 Å². The number of benzene rings is 1. The molecule has 0 aliphatic heterocycles. The van der Waals surface area contributed by atoms with Gasteiger partial charge in [-0.25, -0.2) is 0 Å². The SMILES string of the molecule is CC(CCc1ccccc1)NC1CC1. The first-order valence-electron chi connectivity index (χ1n) is 5.64. The zero-order valence-electron chi connectivity index (χ0n) is 8.87. The van der Waals surface area contributed by atoms with Crippen LogP contribution in [0.1, 0.15) is 31.7 Å². The van der Waals surface area contributed by atoms with E-state index in [1.165, 1.54) is 31.2 Å². The fourth-order valence-electron chi connectivity index (χ4n) is 1.76. The van der Waals surface area contributed by atoms with E-state index < -0.39 is 0 Å². The van der Waals surface area contributed by atoms with Crippen LogP contribution >= 0.6 is 0 Å². The van der Waals surface area contributed by atoms with Crippen LogP contribution in [0.25, 0.3) is 0 Å². The summed E-state index contributed by atoms with van der Waals surface area (Å²) in [6.45, 7) is 2.29. The van der Waals surface area contributed by atoms with Crippen molar-refractivity contribution >= 4 is 0 Å². The first-order chi connectivity index (χ1) is 6.84. The predicted octanol–water partition coefficient (Wildman–Crippen LogP) is 2.76. The summed E-state index contributed by atoms with van der Waals surface area (Å²) < 4.78 is 0. The first kappa shape index (κ1) is 9.72. The Morgan fingerprint density at radius 3 is 2.64 bits per heavy atom. The second-order valence-corrected chi connectivity index (χ2v) is 4.37. The Bertz CT molecular complexity index is 264. The van der Waals surface area contributed by atoms with Crippen LogP contribution in [0.4, 0.5) is 0 Å². The van der Waals surface area contributed by atoms with Gasteiger partial charge in [0.1, 0.15) is 0 Å². The third kappa shape index (κ3) is 3.15. The van der Waals surface area contributed by atoms with Crippen molar-refractivity contribution < 1.29 is 0 Å². The van der Waals surface area contributed by atoms with Crippen LogP contribution in [0, 0.1) is 0 Å². The second-order valence-electron chi connectivity index (χ2n) is 4.37. The van der Waals surface area contributed by atoms with E-state index >= 15 is 0 Å². The van der Waals surface area contributed by atoms with E-state index in [4.69, 9.17) is 0 Å². The van der Waals surface area contributed by atoms with Gasteiger partial charge < -0.3 is 5.32 Å². The smallest absolute Gasteiger partial charge is 0.00706 e. The van der Waals surface area contributed by atoms with E-state index in [0.717, 1.165) is 6.04 Å². The van der Waals surface area contributed by atoms with Gasteiger partial charge in [-0.05, 0) is 38.2 Å². The summed E-state index contributed by atoms with van der Waals surface area (Å²) in [5.74, 6) is 0. The highest BCUT2D eigenvalue weighted by atomic mass is 15.0. The van der Waals surface area contributed by atoms with Crippen molar-refractivity contribution in [1.29, 1.82) is 0 Å². The van der Waals surface area contributed by atoms with E-state index in [2.05, 4.69) is 42.6 Å². The Balaban J connectivity index is 1.70. The number of hydrogen-bond donors (Lipinski definition) is 1. The predicted molar refractivity (Wildman–Crippen MR) is 60.4 cm³/mol. The highest BCUT2D eigenvalue weighted by Crippen LogP contribution is 2.20. The maximum atomic E-state index is 3.62. The molecule has 1 nitrogen and oxygen atoms in total. The minimum atomic E-state index is 0.669. The van der Waals surface area contributed by atoms with Gasteiger partial charge in [-0.3, -0.25) is 0 Å². The normalized spacial score (nSPS) is 18.1. The van der Waals surface area contributed by atoms with Gasteiger partial charge in [0.2, 0.25) is 0 Å². The molecular weight excluding hydrogens is 170 g/mol. The van der Waals surface area contributed by atoms with Crippen molar-refractivity contribution in [3.05, 3.63) is 35.9 Å². The quantitative estimate of drug-likeness (QED) is 0.751. The molecule has 0 heterocycles. The van der Waals surface area contributed by atoms with Crippen LogP contribution in [0.5, 0.6) is 0 Å². The van der Waals surface area contributed by atoms with Gasteiger partial charge in [0.25, 0.3) is 0 Å². The van der Waals surface area contributed by atoms with E-state index in [1.54, 1.807) is 0 Å². The highest BCUT2D eigenvalue weighted by Gasteiger charge is 2.22. The maximum Gasteiger partial charge on any atom is 0.00706 e. The molecule has 1 heteroatoms. The van der Waals surface area contributed by atoms with Crippen molar-refractivity contribution in [1.82, 2.24) is 5.32 Å². The standard InChI is InChI=1S/C13H19N/c1-11(14-13-9-10-13)7-8-12-5-3-2-4-6-12/h2-6,11,13-14H,7-10H2,1H3. The van der Waals surface area contributed by atoms with Gasteiger partial charge in [0.15, 0.2) is 0 Å². The fourth-order valence-corrected chi connectivity index (χ4v) is 1.76. The molecule has 1 atom stereocenters. The molecule has 1 aliphatic rings. The summed E-state index contributed by atoms with van der Waals surface area (Å²) in [4.78, 5) is 0. The van der Waals surface area contributed by atoms with Gasteiger partial charge in [-0.1, -0.05) is 30.3 Å². The average Bonchev–Trinajstić information content (AvgIpc) is 3.00. The number of aryl methyl sites for hydroxylation is 1. The van der Waals surface area contributed by atoms with Crippen LogP contribution in [0.15, 0.2) is 30.3 Å². The maximum absolute atomic E-state index is 3.62. The first-order valence-corrected chi connectivity index (χ1v) is 5.64. The number of nitrogens with one attached hydrogen (secondary N) is 1. The summed E-state index contributed by atoms with van der Waals surface area (Å²) in [6.07, 6.45) is 5.22. The number of rotatable bonds is 5. The molecule has 0 bridgehead atoms. The molecule has 0 radical (unpaired) electrons. The molecule has 76 valence electrons. The molecule has 1 unspecified atom stereocenters. The van der Waals surface area contributed by atoms with Gasteiger partial charge >= 0.3 is 0 Å². The third-order valence-electron chi connectivity index (χ3n) is 2.81. The van der Waals surface area contributed by atoms with Gasteiger partial charge in [0, 0.05) is 12.1 Å². The monoisotopic (exact) mass is 189 g/mol. The van der Waals surface area contributed by atoms with Crippen molar-refractivity contribution in [2.24, 2.45) is 0 Å². The molecule has 1 saturated carbocycles. The summed E-state index contributed by atoms with van der Waals surface area (Å²) >= 11 is 0. The summed E-state index contributed by atoms with van der Waals surface area (Å²) in [5, 5.41) is 3.62. The molecule has 2 rings (SSSR count). The Kier molecular flexibility index (Phi) is 3.20. The molecule has 1 aromatic rings. The lowest BCUT2D eigenvalue weighted by molar-refractivity contribution is 0.512. The van der Waals surface area contributed by atoms with Crippen LogP contribution in [-0.2, 0) is 6.42 Å². The molecule has 14 heavy (non-hydrogen) atoms. The molecule has 0 spiro atoms. The minimum Gasteiger partial charge on any atom is -0.311 e. The Labute approximate surface area is 86.5 Å². The van der Waals surface area contributed by atoms with Crippen LogP contribution in [0.3, 0.4) is 0 Å². The molecule has 1 aliphatic carbocycles. The Morgan fingerprint density at radius 1 is 1.29 bits per heavy atom. The fraction of sp³-hybridized carbons (Fsp3) is 0.538. The molecule has 1 N–H and O–H groups in total. The van der Waals surface area contributed by atoms with Crippen LogP contribution in [0.2, 0.25) is 0 Å². The van der Waals surface area contributed by atoms with E-state index in [-0.39, 0.29) is 0 Å². The van der Waals surface area contributed by atoms with Crippen molar-refractivity contribution in [3.8, 4) is 0 Å². The van der Waals surface area contributed by atoms with Crippen LogP contribution in [-0.4, -0.2) is 12.1 Å². The molecule has 0 saturated heterocycles. The summed E-state index contributed by atoms with van der Waals surface area (Å²) in [5.41, 5.74) is 1.46. The number of hydrogen-bond acceptors (Lipinski definition) is 1. The highest BCUT2D eigenvalue weighted by molar-refractivity contribution is 5.14. The van der Waals surface area contributed by atoms with E-state index in [0.29, 0.717) is 6.04 Å². The summed E-state index contributed by atoms with van der Waals surface area (Å²) in [6, 6.07) is 12.2. The Morgan fingerprint density at radius 2 is 2.00 bits per heavy atom. The average molecular weight is 189 g/mol. The minimum absolute atomic E-state index is 0.669. The zero-order chi connectivity index (χ0) is 9.80.